The van der Waals surface area contributed by atoms with Gasteiger partial charge in [-0.3, -0.25) is 4.79 Å². The number of allylic oxidation sites excluding steroid dienone is 1. The van der Waals surface area contributed by atoms with E-state index in [9.17, 15) is 18.3 Å². The zero-order valence-corrected chi connectivity index (χ0v) is 23.1. The summed E-state index contributed by atoms with van der Waals surface area (Å²) >= 11 is 0. The lowest BCUT2D eigenvalue weighted by Gasteiger charge is -2.41. The average Bonchev–Trinajstić information content (AvgIpc) is 2.95. The number of aliphatic hydroxyl groups is 1. The maximum absolute atomic E-state index is 13.6. The lowest BCUT2D eigenvalue weighted by Crippen LogP contribution is -2.54. The summed E-state index contributed by atoms with van der Waals surface area (Å²) in [6.45, 7) is 1.80. The minimum absolute atomic E-state index is 0.0575. The molecular formula is C31H33NO6S. The van der Waals surface area contributed by atoms with Crippen molar-refractivity contribution in [2.24, 2.45) is 5.92 Å². The van der Waals surface area contributed by atoms with Crippen molar-refractivity contribution < 1.29 is 27.8 Å². The lowest BCUT2D eigenvalue weighted by atomic mass is 9.78. The SMILES string of the molecule is COc1cccc(/C=C/C(=O)[C@@H]2CN(S(=O)(=O)c3ccc(C)cc3)CC[C@@]2(O)/C=C/c2cccc(OC)c2)c1. The molecular weight excluding hydrogens is 514 g/mol. The molecule has 0 aromatic heterocycles. The van der Waals surface area contributed by atoms with Crippen LogP contribution in [0.2, 0.25) is 0 Å². The Labute approximate surface area is 230 Å². The second kappa shape index (κ2) is 12.0. The Morgan fingerprint density at radius 2 is 1.54 bits per heavy atom. The number of ether oxygens (including phenoxy) is 2. The molecule has 1 aliphatic rings. The Morgan fingerprint density at radius 1 is 0.949 bits per heavy atom. The molecule has 0 radical (unpaired) electrons. The van der Waals surface area contributed by atoms with E-state index < -0.39 is 21.5 Å². The third kappa shape index (κ3) is 6.65. The first-order valence-electron chi connectivity index (χ1n) is 12.6. The Morgan fingerprint density at radius 3 is 2.13 bits per heavy atom. The topological polar surface area (TPSA) is 93.1 Å². The van der Waals surface area contributed by atoms with Crippen molar-refractivity contribution in [3.8, 4) is 11.5 Å². The molecule has 2 atom stereocenters. The van der Waals surface area contributed by atoms with Gasteiger partial charge in [-0.1, -0.05) is 60.2 Å². The van der Waals surface area contributed by atoms with Crippen molar-refractivity contribution in [2.75, 3.05) is 27.3 Å². The number of ketones is 1. The van der Waals surface area contributed by atoms with E-state index in [-0.39, 0.29) is 30.2 Å². The molecule has 1 aliphatic heterocycles. The second-order valence-electron chi connectivity index (χ2n) is 9.59. The van der Waals surface area contributed by atoms with E-state index in [1.165, 1.54) is 10.4 Å². The van der Waals surface area contributed by atoms with Crippen LogP contribution in [0.5, 0.6) is 11.5 Å². The molecule has 3 aromatic rings. The van der Waals surface area contributed by atoms with E-state index >= 15 is 0 Å². The van der Waals surface area contributed by atoms with Gasteiger partial charge in [-0.25, -0.2) is 8.42 Å². The van der Waals surface area contributed by atoms with Crippen molar-refractivity contribution >= 4 is 28.0 Å². The van der Waals surface area contributed by atoms with Crippen molar-refractivity contribution in [2.45, 2.75) is 23.8 Å². The summed E-state index contributed by atoms with van der Waals surface area (Å²) in [7, 11) is -0.722. The Kier molecular flexibility index (Phi) is 8.70. The number of hydrogen-bond donors (Lipinski definition) is 1. The van der Waals surface area contributed by atoms with Crippen molar-refractivity contribution in [1.82, 2.24) is 4.31 Å². The Bertz CT molecular complexity index is 1480. The quantitative estimate of drug-likeness (QED) is 0.389. The summed E-state index contributed by atoms with van der Waals surface area (Å²) < 4.78 is 38.7. The first kappa shape index (κ1) is 28.3. The number of piperidine rings is 1. The van der Waals surface area contributed by atoms with Gasteiger partial charge in [-0.2, -0.15) is 4.31 Å². The van der Waals surface area contributed by atoms with Crippen LogP contribution in [0.15, 0.2) is 89.8 Å². The molecule has 0 saturated carbocycles. The van der Waals surface area contributed by atoms with Crippen LogP contribution in [0, 0.1) is 12.8 Å². The highest BCUT2D eigenvalue weighted by Gasteiger charge is 2.46. The number of sulfonamides is 1. The van der Waals surface area contributed by atoms with E-state index in [0.29, 0.717) is 11.5 Å². The van der Waals surface area contributed by atoms with Crippen molar-refractivity contribution in [1.29, 1.82) is 0 Å². The van der Waals surface area contributed by atoms with Crippen LogP contribution < -0.4 is 9.47 Å². The van der Waals surface area contributed by atoms with Crippen LogP contribution in [0.25, 0.3) is 12.2 Å². The second-order valence-corrected chi connectivity index (χ2v) is 11.5. The van der Waals surface area contributed by atoms with Gasteiger partial charge in [0.05, 0.1) is 30.6 Å². The van der Waals surface area contributed by atoms with E-state index in [1.54, 1.807) is 68.8 Å². The summed E-state index contributed by atoms with van der Waals surface area (Å²) in [6, 6.07) is 21.2. The number of rotatable bonds is 9. The normalized spacial score (nSPS) is 20.4. The van der Waals surface area contributed by atoms with Crippen LogP contribution in [0.1, 0.15) is 23.1 Å². The number of nitrogens with zero attached hydrogens (tertiary/aromatic N) is 1. The maximum atomic E-state index is 13.6. The molecule has 1 heterocycles. The molecule has 0 bridgehead atoms. The molecule has 7 nitrogen and oxygen atoms in total. The zero-order chi connectivity index (χ0) is 28.0. The molecule has 1 N–H and O–H groups in total. The third-order valence-corrected chi connectivity index (χ3v) is 8.82. The number of aryl methyl sites for hydroxylation is 1. The van der Waals surface area contributed by atoms with Gasteiger partial charge in [0.15, 0.2) is 5.78 Å². The molecule has 39 heavy (non-hydrogen) atoms. The summed E-state index contributed by atoms with van der Waals surface area (Å²) in [5, 5.41) is 11.7. The minimum Gasteiger partial charge on any atom is -0.497 e. The Balaban J connectivity index is 1.66. The van der Waals surface area contributed by atoms with Gasteiger partial charge in [0.2, 0.25) is 10.0 Å². The third-order valence-electron chi connectivity index (χ3n) is 6.95. The zero-order valence-electron chi connectivity index (χ0n) is 22.3. The smallest absolute Gasteiger partial charge is 0.243 e. The number of carbonyl (C=O) groups is 1. The fourth-order valence-electron chi connectivity index (χ4n) is 4.57. The summed E-state index contributed by atoms with van der Waals surface area (Å²) in [5.41, 5.74) is 0.923. The number of hydrogen-bond acceptors (Lipinski definition) is 6. The largest absolute Gasteiger partial charge is 0.497 e. The van der Waals surface area contributed by atoms with E-state index in [1.807, 2.05) is 43.3 Å². The van der Waals surface area contributed by atoms with Gasteiger partial charge in [-0.15, -0.1) is 0 Å². The fraction of sp³-hybridized carbons (Fsp3) is 0.258. The molecule has 0 amide bonds. The highest BCUT2D eigenvalue weighted by atomic mass is 32.2. The van der Waals surface area contributed by atoms with Gasteiger partial charge in [0, 0.05) is 13.1 Å². The van der Waals surface area contributed by atoms with Crippen LogP contribution in [-0.2, 0) is 14.8 Å². The van der Waals surface area contributed by atoms with Gasteiger partial charge in [0.1, 0.15) is 11.5 Å². The van der Waals surface area contributed by atoms with E-state index in [0.717, 1.165) is 16.7 Å². The minimum atomic E-state index is -3.86. The van der Waals surface area contributed by atoms with E-state index in [4.69, 9.17) is 9.47 Å². The number of benzene rings is 3. The Hall–Kier alpha value is -3.72. The van der Waals surface area contributed by atoms with Crippen LogP contribution in [0.4, 0.5) is 0 Å². The monoisotopic (exact) mass is 547 g/mol. The first-order chi connectivity index (χ1) is 18.6. The molecule has 1 saturated heterocycles. The van der Waals surface area contributed by atoms with Gasteiger partial charge in [-0.05, 0) is 66.9 Å². The lowest BCUT2D eigenvalue weighted by molar-refractivity contribution is -0.127. The number of methoxy groups -OCH3 is 2. The van der Waals surface area contributed by atoms with Crippen LogP contribution in [-0.4, -0.2) is 56.5 Å². The molecule has 0 aliphatic carbocycles. The summed E-state index contributed by atoms with van der Waals surface area (Å²) in [5.74, 6) is -0.0815. The molecule has 204 valence electrons. The van der Waals surface area contributed by atoms with Crippen molar-refractivity contribution in [3.63, 3.8) is 0 Å². The predicted octanol–water partition coefficient (Wildman–Crippen LogP) is 4.75. The first-order valence-corrected chi connectivity index (χ1v) is 14.1. The fourth-order valence-corrected chi connectivity index (χ4v) is 6.03. The molecule has 1 fully saturated rings. The summed E-state index contributed by atoms with van der Waals surface area (Å²) in [4.78, 5) is 13.7. The molecule has 3 aromatic carbocycles. The van der Waals surface area contributed by atoms with Gasteiger partial charge >= 0.3 is 0 Å². The molecule has 4 rings (SSSR count). The average molecular weight is 548 g/mol. The summed E-state index contributed by atoms with van der Waals surface area (Å²) in [6.07, 6.45) is 6.43. The molecule has 8 heteroatoms. The van der Waals surface area contributed by atoms with Gasteiger partial charge < -0.3 is 14.6 Å². The van der Waals surface area contributed by atoms with E-state index in [2.05, 4.69) is 0 Å². The maximum Gasteiger partial charge on any atom is 0.243 e. The highest BCUT2D eigenvalue weighted by molar-refractivity contribution is 7.89. The number of carbonyl (C=O) groups excluding carboxylic acids is 1. The molecule has 0 unspecified atom stereocenters. The molecule has 0 spiro atoms. The van der Waals surface area contributed by atoms with Crippen LogP contribution >= 0.6 is 0 Å². The van der Waals surface area contributed by atoms with Gasteiger partial charge in [0.25, 0.3) is 0 Å². The highest BCUT2D eigenvalue weighted by Crippen LogP contribution is 2.34. The standard InChI is InChI=1S/C31H33NO6S/c1-23-10-13-28(14-11-23)39(35,36)32-19-18-31(34,17-16-25-7-5-9-27(21-25)38-3)29(22-32)30(33)15-12-24-6-4-8-26(20-24)37-2/h4-17,20-21,29,34H,18-19,22H2,1-3H3/b15-12+,17-16+/t29-,31-/m0/s1. The van der Waals surface area contributed by atoms with Crippen molar-refractivity contribution in [3.05, 3.63) is 102 Å². The van der Waals surface area contributed by atoms with Crippen LogP contribution in [0.3, 0.4) is 0 Å². The predicted molar refractivity (Wildman–Crippen MR) is 152 cm³/mol.